The van der Waals surface area contributed by atoms with Crippen molar-refractivity contribution in [2.75, 3.05) is 13.1 Å². The molecule has 100 valence electrons. The summed E-state index contributed by atoms with van der Waals surface area (Å²) in [7, 11) is 0. The lowest BCUT2D eigenvalue weighted by atomic mass is 9.89. The molecule has 3 aliphatic rings. The Bertz CT molecular complexity index is 341. The predicted molar refractivity (Wildman–Crippen MR) is 64.4 cm³/mol. The molecule has 2 aliphatic heterocycles. The van der Waals surface area contributed by atoms with Crippen LogP contribution < -0.4 is 5.32 Å². The van der Waals surface area contributed by atoms with E-state index < -0.39 is 0 Å². The van der Waals surface area contributed by atoms with Gasteiger partial charge in [0.15, 0.2) is 0 Å². The van der Waals surface area contributed by atoms with Gasteiger partial charge in [-0.1, -0.05) is 24.4 Å². The molecule has 0 spiro atoms. The van der Waals surface area contributed by atoms with Crippen molar-refractivity contribution in [3.8, 4) is 0 Å². The largest absolute Gasteiger partial charge is 0.337 e. The van der Waals surface area contributed by atoms with E-state index in [2.05, 4.69) is 15.7 Å². The Morgan fingerprint density at radius 3 is 2.89 bits per heavy atom. The summed E-state index contributed by atoms with van der Waals surface area (Å²) < 4.78 is 0. The van der Waals surface area contributed by atoms with Crippen LogP contribution in [0.4, 0.5) is 0 Å². The first-order valence-electron chi connectivity index (χ1n) is 6.97. The lowest BCUT2D eigenvalue weighted by Crippen LogP contribution is -2.49. The maximum atomic E-state index is 12.0. The van der Waals surface area contributed by atoms with Gasteiger partial charge in [0.25, 0.3) is 0 Å². The average molecular weight is 252 g/mol. The highest BCUT2D eigenvalue weighted by molar-refractivity contribution is 5.72. The molecule has 2 unspecified atom stereocenters. The SMILES string of the molecule is O=C(ON1N=NC2CCNCC21)C1CCCCC1. The van der Waals surface area contributed by atoms with Gasteiger partial charge in [0.1, 0.15) is 12.1 Å². The van der Waals surface area contributed by atoms with Crippen molar-refractivity contribution in [3.05, 3.63) is 0 Å². The van der Waals surface area contributed by atoms with Crippen molar-refractivity contribution in [1.82, 2.24) is 10.5 Å². The number of nitrogens with zero attached hydrogens (tertiary/aromatic N) is 3. The summed E-state index contributed by atoms with van der Waals surface area (Å²) in [6, 6.07) is 0.275. The molecule has 0 amide bonds. The Kier molecular flexibility index (Phi) is 3.45. The minimum absolute atomic E-state index is 0.0598. The van der Waals surface area contributed by atoms with Crippen molar-refractivity contribution in [2.45, 2.75) is 50.6 Å². The maximum absolute atomic E-state index is 12.0. The summed E-state index contributed by atoms with van der Waals surface area (Å²) in [4.78, 5) is 17.5. The molecular formula is C12H20N4O2. The average Bonchev–Trinajstić information content (AvgIpc) is 2.83. The third kappa shape index (κ3) is 2.34. The monoisotopic (exact) mass is 252 g/mol. The molecule has 2 atom stereocenters. The molecule has 1 N–H and O–H groups in total. The Morgan fingerprint density at radius 1 is 1.22 bits per heavy atom. The van der Waals surface area contributed by atoms with Crippen LogP contribution in [-0.4, -0.2) is 36.3 Å². The summed E-state index contributed by atoms with van der Waals surface area (Å²) in [5.74, 6) is -0.0653. The van der Waals surface area contributed by atoms with Crippen LogP contribution in [0, 0.1) is 5.92 Å². The summed E-state index contributed by atoms with van der Waals surface area (Å²) >= 11 is 0. The highest BCUT2D eigenvalue weighted by Crippen LogP contribution is 2.27. The van der Waals surface area contributed by atoms with E-state index in [4.69, 9.17) is 4.84 Å². The van der Waals surface area contributed by atoms with Crippen molar-refractivity contribution in [3.63, 3.8) is 0 Å². The zero-order chi connectivity index (χ0) is 12.4. The van der Waals surface area contributed by atoms with Gasteiger partial charge in [0, 0.05) is 6.54 Å². The fraction of sp³-hybridized carbons (Fsp3) is 0.917. The second kappa shape index (κ2) is 5.22. The second-order valence-electron chi connectivity index (χ2n) is 5.38. The molecule has 6 heteroatoms. The van der Waals surface area contributed by atoms with Crippen LogP contribution in [0.5, 0.6) is 0 Å². The molecule has 0 radical (unpaired) electrons. The molecule has 1 saturated carbocycles. The Labute approximate surface area is 107 Å². The maximum Gasteiger partial charge on any atom is 0.337 e. The van der Waals surface area contributed by atoms with Gasteiger partial charge in [0.05, 0.1) is 5.92 Å². The van der Waals surface area contributed by atoms with Crippen molar-refractivity contribution < 1.29 is 9.63 Å². The van der Waals surface area contributed by atoms with Gasteiger partial charge >= 0.3 is 5.97 Å². The van der Waals surface area contributed by atoms with E-state index in [0.29, 0.717) is 0 Å². The van der Waals surface area contributed by atoms with Crippen molar-refractivity contribution in [2.24, 2.45) is 16.3 Å². The van der Waals surface area contributed by atoms with Crippen LogP contribution in [0.1, 0.15) is 38.5 Å². The van der Waals surface area contributed by atoms with E-state index in [0.717, 1.165) is 45.2 Å². The summed E-state index contributed by atoms with van der Waals surface area (Å²) in [5, 5.41) is 12.9. The number of rotatable bonds is 2. The number of hydroxylamine groups is 1. The van der Waals surface area contributed by atoms with Gasteiger partial charge in [-0.25, -0.2) is 4.79 Å². The number of carbonyl (C=O) groups is 1. The molecule has 0 bridgehead atoms. The standard InChI is InChI=1S/C12H20N4O2/c17-12(9-4-2-1-3-5-9)18-16-11-8-13-7-6-10(11)14-15-16/h9-11,13H,1-8H2. The molecule has 1 saturated heterocycles. The van der Waals surface area contributed by atoms with Gasteiger partial charge in [-0.3, -0.25) is 0 Å². The highest BCUT2D eigenvalue weighted by Gasteiger charge is 2.38. The highest BCUT2D eigenvalue weighted by atomic mass is 16.7. The number of carbonyl (C=O) groups excluding carboxylic acids is 1. The topological polar surface area (TPSA) is 66.3 Å². The van der Waals surface area contributed by atoms with Crippen LogP contribution in [0.25, 0.3) is 0 Å². The van der Waals surface area contributed by atoms with E-state index in [9.17, 15) is 4.79 Å². The van der Waals surface area contributed by atoms with Crippen LogP contribution in [-0.2, 0) is 9.63 Å². The molecule has 2 fully saturated rings. The molecule has 0 aromatic heterocycles. The van der Waals surface area contributed by atoms with Crippen molar-refractivity contribution >= 4 is 5.97 Å². The van der Waals surface area contributed by atoms with E-state index in [-0.39, 0.29) is 24.0 Å². The smallest absolute Gasteiger partial charge is 0.322 e. The van der Waals surface area contributed by atoms with Crippen LogP contribution in [0.15, 0.2) is 10.3 Å². The first-order valence-corrected chi connectivity index (χ1v) is 6.97. The van der Waals surface area contributed by atoms with Crippen LogP contribution in [0.2, 0.25) is 0 Å². The molecule has 6 nitrogen and oxygen atoms in total. The number of hydrogen-bond donors (Lipinski definition) is 1. The Morgan fingerprint density at radius 2 is 2.06 bits per heavy atom. The Balaban J connectivity index is 1.55. The second-order valence-corrected chi connectivity index (χ2v) is 5.38. The van der Waals surface area contributed by atoms with Crippen LogP contribution >= 0.6 is 0 Å². The number of fused-ring (bicyclic) bond motifs is 1. The Hall–Kier alpha value is -1.17. The van der Waals surface area contributed by atoms with Gasteiger partial charge in [-0.2, -0.15) is 5.11 Å². The number of nitrogens with one attached hydrogen (secondary N) is 1. The number of piperidine rings is 1. The fourth-order valence-electron chi connectivity index (χ4n) is 2.96. The van der Waals surface area contributed by atoms with Gasteiger partial charge < -0.3 is 10.2 Å². The summed E-state index contributed by atoms with van der Waals surface area (Å²) in [6.45, 7) is 1.75. The molecule has 0 aromatic rings. The fourth-order valence-corrected chi connectivity index (χ4v) is 2.96. The van der Waals surface area contributed by atoms with E-state index in [1.54, 1.807) is 0 Å². The zero-order valence-corrected chi connectivity index (χ0v) is 10.5. The predicted octanol–water partition coefficient (Wildman–Crippen LogP) is 1.44. The quantitative estimate of drug-likeness (QED) is 0.807. The first-order chi connectivity index (χ1) is 8.84. The number of hydrogen-bond acceptors (Lipinski definition) is 6. The minimum atomic E-state index is -0.125. The van der Waals surface area contributed by atoms with Crippen LogP contribution in [0.3, 0.4) is 0 Å². The minimum Gasteiger partial charge on any atom is -0.322 e. The first kappa shape index (κ1) is 11.9. The van der Waals surface area contributed by atoms with E-state index in [1.165, 1.54) is 11.6 Å². The summed E-state index contributed by atoms with van der Waals surface area (Å²) in [5.41, 5.74) is 0. The van der Waals surface area contributed by atoms with E-state index in [1.807, 2.05) is 0 Å². The zero-order valence-electron chi connectivity index (χ0n) is 10.5. The molecule has 0 aromatic carbocycles. The van der Waals surface area contributed by atoms with Gasteiger partial charge in [0.2, 0.25) is 0 Å². The lowest BCUT2D eigenvalue weighted by molar-refractivity contribution is -0.206. The normalized spacial score (nSPS) is 32.3. The molecular weight excluding hydrogens is 232 g/mol. The third-order valence-electron chi connectivity index (χ3n) is 4.11. The van der Waals surface area contributed by atoms with Gasteiger partial charge in [-0.05, 0) is 31.0 Å². The van der Waals surface area contributed by atoms with Crippen molar-refractivity contribution in [1.29, 1.82) is 0 Å². The van der Waals surface area contributed by atoms with Gasteiger partial charge in [-0.15, -0.1) is 0 Å². The molecule has 1 aliphatic carbocycles. The lowest BCUT2D eigenvalue weighted by Gasteiger charge is -2.29. The molecule has 2 heterocycles. The summed E-state index contributed by atoms with van der Waals surface area (Å²) in [6.07, 6.45) is 6.38. The molecule has 3 rings (SSSR count). The van der Waals surface area contributed by atoms with E-state index >= 15 is 0 Å². The third-order valence-corrected chi connectivity index (χ3v) is 4.11. The molecule has 18 heavy (non-hydrogen) atoms.